The first-order valence-corrected chi connectivity index (χ1v) is 4.84. The van der Waals surface area contributed by atoms with E-state index in [0.29, 0.717) is 17.9 Å². The van der Waals surface area contributed by atoms with Gasteiger partial charge < -0.3 is 4.74 Å². The molecule has 2 rings (SSSR count). The Hall–Kier alpha value is -1.94. The first kappa shape index (κ1) is 10.6. The summed E-state index contributed by atoms with van der Waals surface area (Å²) >= 11 is 5.17. The predicted molar refractivity (Wildman–Crippen MR) is 61.0 cm³/mol. The molecule has 5 heteroatoms. The fourth-order valence-corrected chi connectivity index (χ4v) is 1.55. The fraction of sp³-hybridized carbons (Fsp3) is 0. The van der Waals surface area contributed by atoms with Crippen molar-refractivity contribution in [3.8, 4) is 5.75 Å². The zero-order valence-electron chi connectivity index (χ0n) is 8.13. The lowest BCUT2D eigenvalue weighted by atomic mass is 10.1. The van der Waals surface area contributed by atoms with Gasteiger partial charge in [0.15, 0.2) is 5.75 Å². The van der Waals surface area contributed by atoms with E-state index in [4.69, 9.17) is 16.5 Å². The second-order valence-electron chi connectivity index (χ2n) is 3.06. The first-order chi connectivity index (χ1) is 7.85. The molecule has 0 unspecified atom stereocenters. The monoisotopic (exact) mass is 234 g/mol. The lowest BCUT2D eigenvalue weighted by Gasteiger charge is -2.04. The summed E-state index contributed by atoms with van der Waals surface area (Å²) in [5, 5.41) is 5.61. The van der Waals surface area contributed by atoms with E-state index in [9.17, 15) is 4.79 Å². The molecule has 0 N–H and O–H groups in total. The summed E-state index contributed by atoms with van der Waals surface area (Å²) in [5.41, 5.74) is 0.417. The third-order valence-corrected chi connectivity index (χ3v) is 2.22. The minimum atomic E-state index is 0.332. The summed E-state index contributed by atoms with van der Waals surface area (Å²) in [6, 6.07) is 11.1. The van der Waals surface area contributed by atoms with Gasteiger partial charge in [-0.2, -0.15) is 0 Å². The Morgan fingerprint density at radius 2 is 1.88 bits per heavy atom. The van der Waals surface area contributed by atoms with Crippen LogP contribution in [0.1, 0.15) is 0 Å². The van der Waals surface area contributed by atoms with Crippen LogP contribution in [0.25, 0.3) is 10.8 Å². The number of benzene rings is 2. The fourth-order valence-electron chi connectivity index (χ4n) is 1.47. The molecule has 4 nitrogen and oxygen atoms in total. The van der Waals surface area contributed by atoms with Crippen molar-refractivity contribution in [2.75, 3.05) is 0 Å². The molecule has 16 heavy (non-hydrogen) atoms. The average molecular weight is 235 g/mol. The Bertz CT molecular complexity index is 555. The van der Waals surface area contributed by atoms with Gasteiger partial charge in [0.1, 0.15) is 5.69 Å². The molecule has 0 heterocycles. The molecule has 0 bridgehead atoms. The van der Waals surface area contributed by atoms with E-state index in [-0.39, 0.29) is 0 Å². The van der Waals surface area contributed by atoms with Crippen molar-refractivity contribution in [1.29, 1.82) is 0 Å². The van der Waals surface area contributed by atoms with Crippen molar-refractivity contribution in [3.05, 3.63) is 36.4 Å². The number of carbonyl (C=O) groups is 1. The van der Waals surface area contributed by atoms with E-state index >= 15 is 0 Å². The maximum Gasteiger partial charge on any atom is 0.298 e. The number of hydrogen-bond acceptors (Lipinski definition) is 4. The van der Waals surface area contributed by atoms with E-state index in [1.807, 2.05) is 24.3 Å². The van der Waals surface area contributed by atoms with Gasteiger partial charge in [-0.15, -0.1) is 5.11 Å². The number of ether oxygens (including phenoxy) is 1. The Labute approximate surface area is 96.6 Å². The van der Waals surface area contributed by atoms with E-state index in [2.05, 4.69) is 9.75 Å². The van der Waals surface area contributed by atoms with Crippen LogP contribution in [0.4, 0.5) is 5.69 Å². The average Bonchev–Trinajstić information content (AvgIpc) is 2.30. The highest BCUT2D eigenvalue weighted by Crippen LogP contribution is 2.32. The second kappa shape index (κ2) is 4.72. The summed E-state index contributed by atoms with van der Waals surface area (Å²) < 4.78 is 7.96. The normalized spacial score (nSPS) is 10.8. The van der Waals surface area contributed by atoms with E-state index < -0.39 is 0 Å². The summed E-state index contributed by atoms with van der Waals surface area (Å²) in [4.78, 5) is 10.3. The number of fused-ring (bicyclic) bond motifs is 1. The van der Waals surface area contributed by atoms with Crippen LogP contribution in [0.5, 0.6) is 5.75 Å². The molecule has 0 fully saturated rings. The van der Waals surface area contributed by atoms with Crippen molar-refractivity contribution in [2.45, 2.75) is 0 Å². The van der Waals surface area contributed by atoms with Crippen molar-refractivity contribution >= 4 is 34.7 Å². The van der Waals surface area contributed by atoms with Crippen LogP contribution >= 0.6 is 11.8 Å². The van der Waals surface area contributed by atoms with Crippen LogP contribution in [0.2, 0.25) is 0 Å². The SMILES string of the molecule is O=COc1cc2ccccc2cc1N=NCl. The van der Waals surface area contributed by atoms with E-state index in [1.54, 1.807) is 12.1 Å². The van der Waals surface area contributed by atoms with Gasteiger partial charge in [0, 0.05) is 0 Å². The Balaban J connectivity index is 2.65. The molecule has 0 amide bonds. The topological polar surface area (TPSA) is 51.0 Å². The van der Waals surface area contributed by atoms with Gasteiger partial charge in [0.05, 0.1) is 11.8 Å². The largest absolute Gasteiger partial charge is 0.426 e. The number of carbonyl (C=O) groups excluding carboxylic acids is 1. The zero-order chi connectivity index (χ0) is 11.4. The Morgan fingerprint density at radius 3 is 2.50 bits per heavy atom. The highest BCUT2D eigenvalue weighted by Gasteiger charge is 2.05. The second-order valence-corrected chi connectivity index (χ2v) is 3.21. The molecule has 0 aromatic heterocycles. The highest BCUT2D eigenvalue weighted by molar-refractivity contribution is 6.14. The summed E-state index contributed by atoms with van der Waals surface area (Å²) in [6.07, 6.45) is 0. The lowest BCUT2D eigenvalue weighted by Crippen LogP contribution is -1.88. The molecule has 0 aliphatic rings. The molecule has 0 radical (unpaired) electrons. The van der Waals surface area contributed by atoms with Crippen molar-refractivity contribution < 1.29 is 9.53 Å². The smallest absolute Gasteiger partial charge is 0.298 e. The van der Waals surface area contributed by atoms with Crippen LogP contribution in [-0.4, -0.2) is 6.47 Å². The lowest BCUT2D eigenvalue weighted by molar-refractivity contribution is -0.120. The van der Waals surface area contributed by atoms with Gasteiger partial charge in [0.2, 0.25) is 0 Å². The van der Waals surface area contributed by atoms with Crippen LogP contribution in [-0.2, 0) is 4.79 Å². The summed E-state index contributed by atoms with van der Waals surface area (Å²) in [6.45, 7) is 0.345. The quantitative estimate of drug-likeness (QED) is 0.602. The number of halogens is 1. The number of nitrogens with zero attached hydrogens (tertiary/aromatic N) is 2. The molecule has 80 valence electrons. The molecule has 2 aromatic carbocycles. The van der Waals surface area contributed by atoms with Gasteiger partial charge in [-0.3, -0.25) is 4.79 Å². The minimum absolute atomic E-state index is 0.332. The predicted octanol–water partition coefficient (Wildman–Crippen LogP) is 3.61. The third-order valence-electron chi connectivity index (χ3n) is 2.15. The van der Waals surface area contributed by atoms with Crippen molar-refractivity contribution in [2.24, 2.45) is 9.75 Å². The van der Waals surface area contributed by atoms with E-state index in [0.717, 1.165) is 10.8 Å². The van der Waals surface area contributed by atoms with Gasteiger partial charge in [-0.05, 0) is 22.9 Å². The summed E-state index contributed by atoms with van der Waals surface area (Å²) in [7, 11) is 0. The van der Waals surface area contributed by atoms with Gasteiger partial charge >= 0.3 is 0 Å². The number of hydrogen-bond donors (Lipinski definition) is 0. The maximum atomic E-state index is 10.3. The van der Waals surface area contributed by atoms with Gasteiger partial charge in [-0.25, -0.2) is 0 Å². The Kier molecular flexibility index (Phi) is 3.12. The minimum Gasteiger partial charge on any atom is -0.426 e. The molecular weight excluding hydrogens is 228 g/mol. The third kappa shape index (κ3) is 2.01. The maximum absolute atomic E-state index is 10.3. The molecular formula is C11H7ClN2O2. The van der Waals surface area contributed by atoms with Crippen molar-refractivity contribution in [1.82, 2.24) is 0 Å². The van der Waals surface area contributed by atoms with Crippen molar-refractivity contribution in [3.63, 3.8) is 0 Å². The molecule has 0 saturated heterocycles. The van der Waals surface area contributed by atoms with Crippen LogP contribution in [0.15, 0.2) is 46.1 Å². The molecule has 0 atom stereocenters. The van der Waals surface area contributed by atoms with Gasteiger partial charge in [-0.1, -0.05) is 28.9 Å². The highest BCUT2D eigenvalue weighted by atomic mass is 35.5. The standard InChI is InChI=1S/C11H7ClN2O2/c12-14-13-10-5-8-3-1-2-4-9(8)6-11(10)16-7-15/h1-7H. The first-order valence-electron chi connectivity index (χ1n) is 4.50. The number of rotatable bonds is 3. The zero-order valence-corrected chi connectivity index (χ0v) is 8.89. The summed E-state index contributed by atoms with van der Waals surface area (Å²) in [5.74, 6) is 0.332. The van der Waals surface area contributed by atoms with Crippen LogP contribution in [0, 0.1) is 0 Å². The molecule has 2 aromatic rings. The molecule has 0 spiro atoms. The van der Waals surface area contributed by atoms with Crippen LogP contribution < -0.4 is 4.74 Å². The van der Waals surface area contributed by atoms with E-state index in [1.165, 1.54) is 0 Å². The molecule has 0 aliphatic carbocycles. The molecule has 0 aliphatic heterocycles. The Morgan fingerprint density at radius 1 is 1.19 bits per heavy atom. The van der Waals surface area contributed by atoms with Crippen LogP contribution in [0.3, 0.4) is 0 Å². The van der Waals surface area contributed by atoms with Gasteiger partial charge in [0.25, 0.3) is 6.47 Å². The molecule has 0 saturated carbocycles.